The molecule has 0 amide bonds. The molecular weight excluding hydrogens is 240 g/mol. The predicted octanol–water partition coefficient (Wildman–Crippen LogP) is 1.77. The van der Waals surface area contributed by atoms with Crippen LogP contribution in [0.5, 0.6) is 0 Å². The molecule has 1 saturated carbocycles. The van der Waals surface area contributed by atoms with Crippen LogP contribution in [0, 0.1) is 0 Å². The van der Waals surface area contributed by atoms with Gasteiger partial charge < -0.3 is 10.0 Å². The van der Waals surface area contributed by atoms with Gasteiger partial charge in [0.1, 0.15) is 11.3 Å². The fraction of sp³-hybridized carbons (Fsp3) is 0.500. The highest BCUT2D eigenvalue weighted by molar-refractivity contribution is 5.71. The molecule has 100 valence electrons. The molecule has 2 aromatic rings. The van der Waals surface area contributed by atoms with E-state index in [2.05, 4.69) is 19.9 Å². The molecule has 2 heterocycles. The summed E-state index contributed by atoms with van der Waals surface area (Å²) in [5.41, 5.74) is 1.47. The molecule has 0 atom stereocenters. The van der Waals surface area contributed by atoms with E-state index < -0.39 is 0 Å². The number of nitrogens with zero attached hydrogens (tertiary/aromatic N) is 4. The van der Waals surface area contributed by atoms with Gasteiger partial charge in [-0.25, -0.2) is 9.97 Å². The monoisotopic (exact) mass is 258 g/mol. The molecule has 1 aliphatic rings. The van der Waals surface area contributed by atoms with E-state index in [-0.39, 0.29) is 6.61 Å². The van der Waals surface area contributed by atoms with Crippen LogP contribution in [-0.4, -0.2) is 39.3 Å². The normalized spacial score (nSPS) is 16.1. The minimum absolute atomic E-state index is 0.149. The maximum atomic E-state index is 9.27. The number of hydrogen-bond acceptors (Lipinski definition) is 5. The van der Waals surface area contributed by atoms with E-state index in [9.17, 15) is 5.11 Å². The minimum Gasteiger partial charge on any atom is -0.395 e. The van der Waals surface area contributed by atoms with Crippen LogP contribution < -0.4 is 4.90 Å². The maximum Gasteiger partial charge on any atom is 0.180 e. The average Bonchev–Trinajstić information content (AvgIpc) is 2.98. The molecule has 5 heteroatoms. The van der Waals surface area contributed by atoms with Gasteiger partial charge in [0.15, 0.2) is 5.65 Å². The summed E-state index contributed by atoms with van der Waals surface area (Å²) in [5.74, 6) is 0.897. The van der Waals surface area contributed by atoms with Crippen molar-refractivity contribution in [3.63, 3.8) is 0 Å². The Morgan fingerprint density at radius 2 is 1.95 bits per heavy atom. The summed E-state index contributed by atoms with van der Waals surface area (Å²) >= 11 is 0. The number of rotatable bonds is 4. The number of pyridine rings is 1. The molecule has 1 N–H and O–H groups in total. The topological polar surface area (TPSA) is 62.1 Å². The van der Waals surface area contributed by atoms with Crippen molar-refractivity contribution in [2.24, 2.45) is 0 Å². The van der Waals surface area contributed by atoms with Crippen LogP contribution >= 0.6 is 0 Å². The molecule has 0 saturated heterocycles. The first kappa shape index (κ1) is 12.3. The molecule has 0 aliphatic heterocycles. The Morgan fingerprint density at radius 1 is 1.16 bits per heavy atom. The Labute approximate surface area is 112 Å². The summed E-state index contributed by atoms with van der Waals surface area (Å²) < 4.78 is 0. The third-order valence-corrected chi connectivity index (χ3v) is 3.72. The van der Waals surface area contributed by atoms with E-state index >= 15 is 0 Å². The molecule has 1 aliphatic carbocycles. The molecule has 1 fully saturated rings. The van der Waals surface area contributed by atoms with Gasteiger partial charge in [-0.15, -0.1) is 0 Å². The van der Waals surface area contributed by atoms with Crippen LogP contribution in [-0.2, 0) is 0 Å². The van der Waals surface area contributed by atoms with E-state index in [4.69, 9.17) is 0 Å². The van der Waals surface area contributed by atoms with E-state index in [0.717, 1.165) is 11.3 Å². The van der Waals surface area contributed by atoms with Crippen molar-refractivity contribution < 1.29 is 5.11 Å². The summed E-state index contributed by atoms with van der Waals surface area (Å²) in [6, 6.07) is 4.42. The minimum atomic E-state index is 0.149. The molecule has 0 spiro atoms. The molecule has 2 aromatic heterocycles. The van der Waals surface area contributed by atoms with Gasteiger partial charge in [0.2, 0.25) is 0 Å². The second-order valence-electron chi connectivity index (χ2n) is 4.92. The predicted molar refractivity (Wildman–Crippen MR) is 74.0 cm³/mol. The molecule has 19 heavy (non-hydrogen) atoms. The van der Waals surface area contributed by atoms with Crippen molar-refractivity contribution in [2.45, 2.75) is 31.7 Å². The molecular formula is C14H18N4O. The van der Waals surface area contributed by atoms with Gasteiger partial charge in [0.05, 0.1) is 6.61 Å². The number of aliphatic hydroxyl groups excluding tert-OH is 1. The first-order chi connectivity index (χ1) is 9.38. The van der Waals surface area contributed by atoms with Crippen molar-refractivity contribution in [2.75, 3.05) is 18.1 Å². The highest BCUT2D eigenvalue weighted by Gasteiger charge is 2.23. The number of anilines is 1. The van der Waals surface area contributed by atoms with Crippen LogP contribution in [0.4, 0.5) is 5.82 Å². The summed E-state index contributed by atoms with van der Waals surface area (Å²) in [7, 11) is 0. The van der Waals surface area contributed by atoms with Crippen LogP contribution in [0.15, 0.2) is 24.5 Å². The Hall–Kier alpha value is -1.75. The smallest absolute Gasteiger partial charge is 0.180 e. The van der Waals surface area contributed by atoms with Crippen LogP contribution in [0.25, 0.3) is 11.2 Å². The Balaban J connectivity index is 1.94. The fourth-order valence-corrected chi connectivity index (χ4v) is 2.81. The standard InChI is InChI=1S/C14H18N4O/c19-10-9-18(11-3-1-2-4-11)13-6-5-12-14(17-13)16-8-7-15-12/h5-8,11,19H,1-4,9-10H2. The van der Waals surface area contributed by atoms with Crippen LogP contribution in [0.1, 0.15) is 25.7 Å². The van der Waals surface area contributed by atoms with E-state index in [0.29, 0.717) is 18.2 Å². The lowest BCUT2D eigenvalue weighted by Crippen LogP contribution is -2.36. The van der Waals surface area contributed by atoms with E-state index in [1.165, 1.54) is 25.7 Å². The van der Waals surface area contributed by atoms with Gasteiger partial charge in [0.25, 0.3) is 0 Å². The third kappa shape index (κ3) is 2.51. The number of hydrogen-bond donors (Lipinski definition) is 1. The molecule has 5 nitrogen and oxygen atoms in total. The third-order valence-electron chi connectivity index (χ3n) is 3.72. The quantitative estimate of drug-likeness (QED) is 0.905. The van der Waals surface area contributed by atoms with Crippen molar-refractivity contribution in [1.82, 2.24) is 15.0 Å². The lowest BCUT2D eigenvalue weighted by atomic mass is 10.2. The lowest BCUT2D eigenvalue weighted by Gasteiger charge is -2.29. The number of aliphatic hydroxyl groups is 1. The summed E-state index contributed by atoms with van der Waals surface area (Å²) in [6.45, 7) is 0.778. The van der Waals surface area contributed by atoms with Crippen molar-refractivity contribution in [1.29, 1.82) is 0 Å². The number of fused-ring (bicyclic) bond motifs is 1. The first-order valence-corrected chi connectivity index (χ1v) is 6.84. The summed E-state index contributed by atoms with van der Waals surface area (Å²) in [4.78, 5) is 15.3. The fourth-order valence-electron chi connectivity index (χ4n) is 2.81. The van der Waals surface area contributed by atoms with Gasteiger partial charge in [0, 0.05) is 25.0 Å². The zero-order valence-corrected chi connectivity index (χ0v) is 10.9. The zero-order chi connectivity index (χ0) is 13.1. The highest BCUT2D eigenvalue weighted by Crippen LogP contribution is 2.27. The van der Waals surface area contributed by atoms with Crippen molar-refractivity contribution >= 4 is 17.0 Å². The number of aromatic nitrogens is 3. The van der Waals surface area contributed by atoms with Gasteiger partial charge >= 0.3 is 0 Å². The van der Waals surface area contributed by atoms with Crippen LogP contribution in [0.3, 0.4) is 0 Å². The Kier molecular flexibility index (Phi) is 3.55. The highest BCUT2D eigenvalue weighted by atomic mass is 16.3. The second kappa shape index (κ2) is 5.48. The van der Waals surface area contributed by atoms with E-state index in [1.54, 1.807) is 12.4 Å². The van der Waals surface area contributed by atoms with E-state index in [1.807, 2.05) is 12.1 Å². The SMILES string of the molecule is OCCN(c1ccc2nccnc2n1)C1CCCC1. The average molecular weight is 258 g/mol. The van der Waals surface area contributed by atoms with Gasteiger partial charge in [-0.1, -0.05) is 12.8 Å². The maximum absolute atomic E-state index is 9.27. The molecule has 3 rings (SSSR count). The van der Waals surface area contributed by atoms with Gasteiger partial charge in [-0.05, 0) is 25.0 Å². The van der Waals surface area contributed by atoms with Crippen molar-refractivity contribution in [3.05, 3.63) is 24.5 Å². The summed E-state index contributed by atoms with van der Waals surface area (Å²) in [6.07, 6.45) is 8.22. The molecule has 0 aromatic carbocycles. The Bertz CT molecular complexity index is 554. The molecule has 0 radical (unpaired) electrons. The van der Waals surface area contributed by atoms with Crippen molar-refractivity contribution in [3.8, 4) is 0 Å². The second-order valence-corrected chi connectivity index (χ2v) is 4.92. The molecule has 0 bridgehead atoms. The Morgan fingerprint density at radius 3 is 2.74 bits per heavy atom. The van der Waals surface area contributed by atoms with Gasteiger partial charge in [-0.2, -0.15) is 0 Å². The lowest BCUT2D eigenvalue weighted by molar-refractivity contribution is 0.297. The summed E-state index contributed by atoms with van der Waals surface area (Å²) in [5, 5.41) is 9.27. The first-order valence-electron chi connectivity index (χ1n) is 6.84. The molecule has 0 unspecified atom stereocenters. The van der Waals surface area contributed by atoms with Gasteiger partial charge in [-0.3, -0.25) is 4.98 Å². The largest absolute Gasteiger partial charge is 0.395 e. The van der Waals surface area contributed by atoms with Crippen LogP contribution in [0.2, 0.25) is 0 Å². The zero-order valence-electron chi connectivity index (χ0n) is 10.9.